The standard InChI is InChI=1S/C15H30N2O2/c1-4-13-10-19-12(2)9-17(13)15(11-16)8-6-5-7-14(15)18-3/h12-14H,4-11,16H2,1-3H3. The highest BCUT2D eigenvalue weighted by atomic mass is 16.5. The van der Waals surface area contributed by atoms with E-state index in [1.165, 1.54) is 12.8 Å². The number of nitrogens with two attached hydrogens (primary N) is 1. The van der Waals surface area contributed by atoms with E-state index in [9.17, 15) is 0 Å². The molecule has 2 rings (SSSR count). The molecule has 4 nitrogen and oxygen atoms in total. The van der Waals surface area contributed by atoms with Crippen molar-refractivity contribution in [3.05, 3.63) is 0 Å². The van der Waals surface area contributed by atoms with Crippen LogP contribution < -0.4 is 5.73 Å². The third kappa shape index (κ3) is 2.82. The molecule has 4 unspecified atom stereocenters. The molecule has 0 aromatic rings. The van der Waals surface area contributed by atoms with Crippen LogP contribution in [0.3, 0.4) is 0 Å². The van der Waals surface area contributed by atoms with Gasteiger partial charge in [0.2, 0.25) is 0 Å². The molecular weight excluding hydrogens is 240 g/mol. The van der Waals surface area contributed by atoms with E-state index in [-0.39, 0.29) is 11.6 Å². The molecule has 4 atom stereocenters. The summed E-state index contributed by atoms with van der Waals surface area (Å²) < 4.78 is 11.7. The van der Waals surface area contributed by atoms with Gasteiger partial charge in [-0.1, -0.05) is 19.8 Å². The first-order chi connectivity index (χ1) is 9.17. The Balaban J connectivity index is 2.25. The van der Waals surface area contributed by atoms with Gasteiger partial charge in [-0.15, -0.1) is 0 Å². The van der Waals surface area contributed by atoms with Crippen molar-refractivity contribution in [1.82, 2.24) is 4.90 Å². The number of hydrogen-bond donors (Lipinski definition) is 1. The van der Waals surface area contributed by atoms with Crippen molar-refractivity contribution in [3.63, 3.8) is 0 Å². The largest absolute Gasteiger partial charge is 0.379 e. The van der Waals surface area contributed by atoms with Crippen LogP contribution in [0.5, 0.6) is 0 Å². The lowest BCUT2D eigenvalue weighted by atomic mass is 9.76. The molecule has 112 valence electrons. The molecule has 2 aliphatic rings. The summed E-state index contributed by atoms with van der Waals surface area (Å²) in [5.74, 6) is 0. The van der Waals surface area contributed by atoms with Gasteiger partial charge in [0.05, 0.1) is 24.4 Å². The van der Waals surface area contributed by atoms with E-state index in [0.29, 0.717) is 18.7 Å². The van der Waals surface area contributed by atoms with E-state index in [2.05, 4.69) is 18.7 Å². The van der Waals surface area contributed by atoms with Gasteiger partial charge in [-0.3, -0.25) is 4.90 Å². The molecule has 4 heteroatoms. The lowest BCUT2D eigenvalue weighted by molar-refractivity contribution is -0.149. The van der Waals surface area contributed by atoms with Crippen molar-refractivity contribution in [3.8, 4) is 0 Å². The number of hydrogen-bond acceptors (Lipinski definition) is 4. The number of rotatable bonds is 4. The molecule has 0 amide bonds. The molecule has 0 aromatic carbocycles. The minimum absolute atomic E-state index is 0.0196. The fraction of sp³-hybridized carbons (Fsp3) is 1.00. The third-order valence-electron chi connectivity index (χ3n) is 5.07. The third-order valence-corrected chi connectivity index (χ3v) is 5.07. The van der Waals surface area contributed by atoms with Crippen LogP contribution >= 0.6 is 0 Å². The minimum Gasteiger partial charge on any atom is -0.379 e. The van der Waals surface area contributed by atoms with Crippen molar-refractivity contribution >= 4 is 0 Å². The Hall–Kier alpha value is -0.160. The van der Waals surface area contributed by atoms with E-state index < -0.39 is 0 Å². The van der Waals surface area contributed by atoms with Crippen molar-refractivity contribution in [2.45, 2.75) is 69.7 Å². The quantitative estimate of drug-likeness (QED) is 0.846. The van der Waals surface area contributed by atoms with Gasteiger partial charge in [0, 0.05) is 26.2 Å². The van der Waals surface area contributed by atoms with Gasteiger partial charge in [0.1, 0.15) is 0 Å². The van der Waals surface area contributed by atoms with Gasteiger partial charge in [-0.05, 0) is 26.2 Å². The Labute approximate surface area is 117 Å². The molecular formula is C15H30N2O2. The van der Waals surface area contributed by atoms with E-state index in [0.717, 1.165) is 32.4 Å². The minimum atomic E-state index is 0.0196. The maximum absolute atomic E-state index is 6.23. The Bertz CT molecular complexity index is 287. The summed E-state index contributed by atoms with van der Waals surface area (Å²) in [6.07, 6.45) is 6.50. The zero-order valence-electron chi connectivity index (χ0n) is 12.7. The zero-order chi connectivity index (χ0) is 13.9. The van der Waals surface area contributed by atoms with Crippen molar-refractivity contribution in [1.29, 1.82) is 0 Å². The first kappa shape index (κ1) is 15.2. The number of morpholine rings is 1. The maximum atomic E-state index is 6.23. The van der Waals surface area contributed by atoms with Crippen LogP contribution in [0, 0.1) is 0 Å². The monoisotopic (exact) mass is 270 g/mol. The second-order valence-electron chi connectivity index (χ2n) is 6.14. The summed E-state index contributed by atoms with van der Waals surface area (Å²) in [5, 5.41) is 0. The van der Waals surface area contributed by atoms with Crippen molar-refractivity contribution < 1.29 is 9.47 Å². The molecule has 0 radical (unpaired) electrons. The molecule has 2 N–H and O–H groups in total. The van der Waals surface area contributed by atoms with Gasteiger partial charge in [0.25, 0.3) is 0 Å². The van der Waals surface area contributed by atoms with Crippen LogP contribution in [0.2, 0.25) is 0 Å². The number of nitrogens with zero attached hydrogens (tertiary/aromatic N) is 1. The van der Waals surface area contributed by atoms with E-state index in [1.54, 1.807) is 0 Å². The number of methoxy groups -OCH3 is 1. The SMILES string of the molecule is CCC1COC(C)CN1C1(CN)CCCCC1OC. The highest BCUT2D eigenvalue weighted by molar-refractivity contribution is 5.04. The summed E-state index contributed by atoms with van der Waals surface area (Å²) in [5.41, 5.74) is 6.25. The Morgan fingerprint density at radius 3 is 2.84 bits per heavy atom. The lowest BCUT2D eigenvalue weighted by Crippen LogP contribution is -2.68. The molecule has 0 spiro atoms. The maximum Gasteiger partial charge on any atom is 0.0767 e. The smallest absolute Gasteiger partial charge is 0.0767 e. The molecule has 1 aliphatic heterocycles. The summed E-state index contributed by atoms with van der Waals surface area (Å²) in [4.78, 5) is 2.62. The zero-order valence-corrected chi connectivity index (χ0v) is 12.7. The average Bonchev–Trinajstić information content (AvgIpc) is 2.46. The normalized spacial score (nSPS) is 41.4. The van der Waals surface area contributed by atoms with E-state index in [1.807, 2.05) is 7.11 Å². The molecule has 1 saturated heterocycles. The van der Waals surface area contributed by atoms with Gasteiger partial charge in [-0.2, -0.15) is 0 Å². The molecule has 1 saturated carbocycles. The van der Waals surface area contributed by atoms with Crippen molar-refractivity contribution in [2.24, 2.45) is 5.73 Å². The summed E-state index contributed by atoms with van der Waals surface area (Å²) in [6, 6.07) is 0.482. The summed E-state index contributed by atoms with van der Waals surface area (Å²) in [6.45, 7) is 6.90. The van der Waals surface area contributed by atoms with Crippen LogP contribution in [0.1, 0.15) is 46.0 Å². The highest BCUT2D eigenvalue weighted by Gasteiger charge is 2.48. The molecule has 0 bridgehead atoms. The molecule has 0 aromatic heterocycles. The van der Waals surface area contributed by atoms with Gasteiger partial charge in [0.15, 0.2) is 0 Å². The lowest BCUT2D eigenvalue weighted by Gasteiger charge is -2.55. The second-order valence-corrected chi connectivity index (χ2v) is 6.14. The van der Waals surface area contributed by atoms with Crippen LogP contribution in [0.15, 0.2) is 0 Å². The van der Waals surface area contributed by atoms with Crippen molar-refractivity contribution in [2.75, 3.05) is 26.8 Å². The Morgan fingerprint density at radius 1 is 1.42 bits per heavy atom. The summed E-state index contributed by atoms with van der Waals surface area (Å²) in [7, 11) is 1.84. The van der Waals surface area contributed by atoms with Crippen LogP contribution in [-0.2, 0) is 9.47 Å². The fourth-order valence-corrected chi connectivity index (χ4v) is 3.93. The van der Waals surface area contributed by atoms with Gasteiger partial charge < -0.3 is 15.2 Å². The Kier molecular flexibility index (Phi) is 5.23. The first-order valence-electron chi connectivity index (χ1n) is 7.79. The second kappa shape index (κ2) is 6.53. The topological polar surface area (TPSA) is 47.7 Å². The first-order valence-corrected chi connectivity index (χ1v) is 7.79. The fourth-order valence-electron chi connectivity index (χ4n) is 3.93. The van der Waals surface area contributed by atoms with Crippen LogP contribution in [0.4, 0.5) is 0 Å². The average molecular weight is 270 g/mol. The van der Waals surface area contributed by atoms with Crippen LogP contribution in [0.25, 0.3) is 0 Å². The predicted octanol–water partition coefficient (Wildman–Crippen LogP) is 1.77. The van der Waals surface area contributed by atoms with E-state index in [4.69, 9.17) is 15.2 Å². The molecule has 2 fully saturated rings. The summed E-state index contributed by atoms with van der Waals surface area (Å²) >= 11 is 0. The van der Waals surface area contributed by atoms with Crippen LogP contribution in [-0.4, -0.2) is 55.5 Å². The van der Waals surface area contributed by atoms with Gasteiger partial charge >= 0.3 is 0 Å². The predicted molar refractivity (Wildman–Crippen MR) is 77.2 cm³/mol. The number of ether oxygens (including phenoxy) is 2. The molecule has 19 heavy (non-hydrogen) atoms. The molecule has 1 aliphatic carbocycles. The molecule has 1 heterocycles. The van der Waals surface area contributed by atoms with E-state index >= 15 is 0 Å². The Morgan fingerprint density at radius 2 is 2.21 bits per heavy atom. The van der Waals surface area contributed by atoms with Gasteiger partial charge in [-0.25, -0.2) is 0 Å². The highest BCUT2D eigenvalue weighted by Crippen LogP contribution is 2.38.